The number of carbonyl (C=O) groups excluding carboxylic acids is 2. The molecule has 1 atom stereocenters. The number of aldehydes is 1. The van der Waals surface area contributed by atoms with Crippen LogP contribution in [0.3, 0.4) is 0 Å². The van der Waals surface area contributed by atoms with Crippen LogP contribution in [-0.2, 0) is 9.53 Å². The van der Waals surface area contributed by atoms with Gasteiger partial charge in [-0.1, -0.05) is 37.3 Å². The molecule has 0 aliphatic heterocycles. The molecule has 1 rings (SSSR count). The van der Waals surface area contributed by atoms with Gasteiger partial charge >= 0.3 is 6.09 Å². The summed E-state index contributed by atoms with van der Waals surface area (Å²) < 4.78 is 5.38. The Morgan fingerprint density at radius 2 is 1.90 bits per heavy atom. The van der Waals surface area contributed by atoms with Gasteiger partial charge < -0.3 is 9.53 Å². The lowest BCUT2D eigenvalue weighted by atomic mass is 10.1. The topological polar surface area (TPSA) is 46.6 Å². The molecule has 0 bridgehead atoms. The lowest BCUT2D eigenvalue weighted by Gasteiger charge is -2.31. The molecule has 110 valence electrons. The van der Waals surface area contributed by atoms with E-state index >= 15 is 0 Å². The molecule has 0 N–H and O–H groups in total. The highest BCUT2D eigenvalue weighted by Gasteiger charge is 2.28. The fourth-order valence-corrected chi connectivity index (χ4v) is 1.89. The standard InChI is InChI=1S/C16H23NO3/c1-5-11-17(15(19)20-16(2,3)4)14(12-18)13-9-7-6-8-10-13/h6-10,12,14H,5,11H2,1-4H3. The van der Waals surface area contributed by atoms with Gasteiger partial charge in [-0.2, -0.15) is 0 Å². The molecule has 0 aliphatic rings. The van der Waals surface area contributed by atoms with Crippen molar-refractivity contribution in [2.24, 2.45) is 0 Å². The van der Waals surface area contributed by atoms with E-state index in [1.165, 1.54) is 4.90 Å². The van der Waals surface area contributed by atoms with Gasteiger partial charge in [0, 0.05) is 6.54 Å². The third kappa shape index (κ3) is 4.68. The molecule has 0 saturated heterocycles. The van der Waals surface area contributed by atoms with Crippen molar-refractivity contribution in [3.8, 4) is 0 Å². The first-order chi connectivity index (χ1) is 9.39. The molecule has 1 unspecified atom stereocenters. The molecule has 0 radical (unpaired) electrons. The number of hydrogen-bond acceptors (Lipinski definition) is 3. The van der Waals surface area contributed by atoms with Crippen LogP contribution in [0.25, 0.3) is 0 Å². The molecule has 0 heterocycles. The maximum Gasteiger partial charge on any atom is 0.411 e. The highest BCUT2D eigenvalue weighted by atomic mass is 16.6. The van der Waals surface area contributed by atoms with E-state index in [-0.39, 0.29) is 0 Å². The van der Waals surface area contributed by atoms with Crippen molar-refractivity contribution in [2.45, 2.75) is 45.8 Å². The van der Waals surface area contributed by atoms with Crippen LogP contribution in [0.5, 0.6) is 0 Å². The maximum absolute atomic E-state index is 12.3. The summed E-state index contributed by atoms with van der Waals surface area (Å²) in [5, 5.41) is 0. The van der Waals surface area contributed by atoms with Crippen molar-refractivity contribution in [1.82, 2.24) is 4.90 Å². The maximum atomic E-state index is 12.3. The van der Waals surface area contributed by atoms with Crippen LogP contribution in [0.15, 0.2) is 30.3 Å². The Balaban J connectivity index is 2.98. The predicted octanol–water partition coefficient (Wildman–Crippen LogP) is 3.57. The first-order valence-electron chi connectivity index (χ1n) is 6.89. The van der Waals surface area contributed by atoms with Crippen LogP contribution in [0.1, 0.15) is 45.7 Å². The second-order valence-corrected chi connectivity index (χ2v) is 5.67. The first kappa shape index (κ1) is 16.2. The Kier molecular flexibility index (Phi) is 5.74. The molecule has 0 spiro atoms. The third-order valence-electron chi connectivity index (χ3n) is 2.70. The summed E-state index contributed by atoms with van der Waals surface area (Å²) >= 11 is 0. The van der Waals surface area contributed by atoms with E-state index in [1.807, 2.05) is 58.0 Å². The molecule has 0 fully saturated rings. The van der Waals surface area contributed by atoms with E-state index in [4.69, 9.17) is 4.74 Å². The summed E-state index contributed by atoms with van der Waals surface area (Å²) in [7, 11) is 0. The van der Waals surface area contributed by atoms with Gasteiger partial charge in [-0.3, -0.25) is 4.90 Å². The average Bonchev–Trinajstić information content (AvgIpc) is 2.38. The van der Waals surface area contributed by atoms with E-state index in [1.54, 1.807) is 0 Å². The van der Waals surface area contributed by atoms with Crippen LogP contribution in [0, 0.1) is 0 Å². The fraction of sp³-hybridized carbons (Fsp3) is 0.500. The van der Waals surface area contributed by atoms with E-state index < -0.39 is 17.7 Å². The summed E-state index contributed by atoms with van der Waals surface area (Å²) in [5.74, 6) is 0. The van der Waals surface area contributed by atoms with Gasteiger partial charge in [0.15, 0.2) is 0 Å². The molecule has 4 nitrogen and oxygen atoms in total. The first-order valence-corrected chi connectivity index (χ1v) is 6.89. The van der Waals surface area contributed by atoms with Crippen molar-refractivity contribution >= 4 is 12.4 Å². The van der Waals surface area contributed by atoms with Gasteiger partial charge in [0.2, 0.25) is 0 Å². The van der Waals surface area contributed by atoms with Crippen molar-refractivity contribution in [3.63, 3.8) is 0 Å². The van der Waals surface area contributed by atoms with Crippen molar-refractivity contribution < 1.29 is 14.3 Å². The summed E-state index contributed by atoms with van der Waals surface area (Å²) in [5.41, 5.74) is 0.217. The highest BCUT2D eigenvalue weighted by Crippen LogP contribution is 2.21. The quantitative estimate of drug-likeness (QED) is 0.773. The van der Waals surface area contributed by atoms with Crippen LogP contribution in [0.4, 0.5) is 4.79 Å². The van der Waals surface area contributed by atoms with Gasteiger partial charge in [-0.05, 0) is 32.8 Å². The van der Waals surface area contributed by atoms with Gasteiger partial charge in [-0.15, -0.1) is 0 Å². The molecule has 20 heavy (non-hydrogen) atoms. The Hall–Kier alpha value is -1.84. The highest BCUT2D eigenvalue weighted by molar-refractivity contribution is 5.75. The van der Waals surface area contributed by atoms with Gasteiger partial charge in [0.25, 0.3) is 0 Å². The molecule has 4 heteroatoms. The van der Waals surface area contributed by atoms with Crippen molar-refractivity contribution in [2.75, 3.05) is 6.54 Å². The Bertz CT molecular complexity index is 437. The number of nitrogens with zero attached hydrogens (tertiary/aromatic N) is 1. The van der Waals surface area contributed by atoms with E-state index in [0.29, 0.717) is 6.54 Å². The zero-order valence-corrected chi connectivity index (χ0v) is 12.6. The number of rotatable bonds is 5. The molecule has 0 saturated carbocycles. The number of carbonyl (C=O) groups is 2. The molecular formula is C16H23NO3. The normalized spacial score (nSPS) is 12.6. The second kappa shape index (κ2) is 7.08. The lowest BCUT2D eigenvalue weighted by molar-refractivity contribution is -0.112. The summed E-state index contributed by atoms with van der Waals surface area (Å²) in [4.78, 5) is 25.2. The fourth-order valence-electron chi connectivity index (χ4n) is 1.89. The van der Waals surface area contributed by atoms with Crippen molar-refractivity contribution in [3.05, 3.63) is 35.9 Å². The van der Waals surface area contributed by atoms with E-state index in [0.717, 1.165) is 18.3 Å². The zero-order valence-electron chi connectivity index (χ0n) is 12.6. The molecule has 1 aromatic carbocycles. The smallest absolute Gasteiger partial charge is 0.411 e. The molecule has 1 aromatic rings. The van der Waals surface area contributed by atoms with Crippen LogP contribution >= 0.6 is 0 Å². The minimum absolute atomic E-state index is 0.458. The number of ether oxygens (including phenoxy) is 1. The largest absolute Gasteiger partial charge is 0.444 e. The number of hydrogen-bond donors (Lipinski definition) is 0. The SMILES string of the molecule is CCCN(C(=O)OC(C)(C)C)C(C=O)c1ccccc1. The number of amides is 1. The monoisotopic (exact) mass is 277 g/mol. The summed E-state index contributed by atoms with van der Waals surface area (Å²) in [6.45, 7) is 7.88. The van der Waals surface area contributed by atoms with E-state index in [2.05, 4.69) is 0 Å². The van der Waals surface area contributed by atoms with E-state index in [9.17, 15) is 9.59 Å². The second-order valence-electron chi connectivity index (χ2n) is 5.67. The Morgan fingerprint density at radius 1 is 1.30 bits per heavy atom. The minimum Gasteiger partial charge on any atom is -0.444 e. The third-order valence-corrected chi connectivity index (χ3v) is 2.70. The summed E-state index contributed by atoms with van der Waals surface area (Å²) in [6.07, 6.45) is 1.09. The summed E-state index contributed by atoms with van der Waals surface area (Å²) in [6, 6.07) is 8.66. The Labute approximate surface area is 120 Å². The van der Waals surface area contributed by atoms with Gasteiger partial charge in [-0.25, -0.2) is 4.79 Å². The van der Waals surface area contributed by atoms with Gasteiger partial charge in [0.1, 0.15) is 17.9 Å². The molecule has 0 aliphatic carbocycles. The number of benzene rings is 1. The molecule has 0 aromatic heterocycles. The van der Waals surface area contributed by atoms with Crippen LogP contribution in [-0.4, -0.2) is 29.4 Å². The van der Waals surface area contributed by atoms with Crippen LogP contribution in [0.2, 0.25) is 0 Å². The Morgan fingerprint density at radius 3 is 2.35 bits per heavy atom. The lowest BCUT2D eigenvalue weighted by Crippen LogP contribution is -2.40. The molecule has 1 amide bonds. The van der Waals surface area contributed by atoms with Crippen molar-refractivity contribution in [1.29, 1.82) is 0 Å². The minimum atomic E-state index is -0.606. The van der Waals surface area contributed by atoms with Crippen LogP contribution < -0.4 is 0 Å². The molecular weight excluding hydrogens is 254 g/mol. The zero-order chi connectivity index (χ0) is 15.2. The van der Waals surface area contributed by atoms with Gasteiger partial charge in [0.05, 0.1) is 0 Å². The predicted molar refractivity (Wildman–Crippen MR) is 78.5 cm³/mol. The average molecular weight is 277 g/mol.